The molecule has 2 aromatic rings. The highest BCUT2D eigenvalue weighted by atomic mass is 16.1. The average molecular weight is 229 g/mol. The number of carbonyl (C=O) groups is 1. The molecule has 4 nitrogen and oxygen atoms in total. The van der Waals surface area contributed by atoms with E-state index in [1.807, 2.05) is 32.0 Å². The van der Waals surface area contributed by atoms with Crippen LogP contribution in [0.2, 0.25) is 0 Å². The molecular formula is C13H15N3O. The molecule has 0 unspecified atom stereocenters. The molecule has 2 N–H and O–H groups in total. The van der Waals surface area contributed by atoms with Crippen molar-refractivity contribution in [1.29, 1.82) is 0 Å². The largest absolute Gasteiger partial charge is 0.383 e. The van der Waals surface area contributed by atoms with Gasteiger partial charge in [-0.15, -0.1) is 0 Å². The number of anilines is 1. The van der Waals surface area contributed by atoms with Gasteiger partial charge in [-0.25, -0.2) is 0 Å². The summed E-state index contributed by atoms with van der Waals surface area (Å²) < 4.78 is 1.52. The van der Waals surface area contributed by atoms with Gasteiger partial charge in [-0.05, 0) is 31.0 Å². The lowest BCUT2D eigenvalue weighted by Gasteiger charge is -2.03. The normalized spacial score (nSPS) is 10.5. The fraction of sp³-hybridized carbons (Fsp3) is 0.231. The first-order chi connectivity index (χ1) is 8.04. The molecule has 0 atom stereocenters. The number of rotatable bonds is 2. The number of aldehydes is 1. The van der Waals surface area contributed by atoms with E-state index in [0.29, 0.717) is 17.1 Å². The van der Waals surface area contributed by atoms with Gasteiger partial charge in [-0.2, -0.15) is 5.10 Å². The Hall–Kier alpha value is -2.10. The molecule has 0 aliphatic rings. The topological polar surface area (TPSA) is 60.9 Å². The first kappa shape index (κ1) is 11.4. The van der Waals surface area contributed by atoms with Crippen molar-refractivity contribution in [2.45, 2.75) is 13.8 Å². The predicted octanol–water partition coefficient (Wildman–Crippen LogP) is 2.10. The number of nitrogens with zero attached hydrogens (tertiary/aromatic N) is 2. The lowest BCUT2D eigenvalue weighted by atomic mass is 10.0. The highest BCUT2D eigenvalue weighted by molar-refractivity contribution is 5.91. The van der Waals surface area contributed by atoms with Crippen LogP contribution in [0.1, 0.15) is 21.5 Å². The summed E-state index contributed by atoms with van der Waals surface area (Å²) in [5.74, 6) is 0.397. The van der Waals surface area contributed by atoms with Crippen LogP contribution in [0.25, 0.3) is 11.3 Å². The average Bonchev–Trinajstić information content (AvgIpc) is 2.59. The summed E-state index contributed by atoms with van der Waals surface area (Å²) in [6.45, 7) is 4.08. The third-order valence-corrected chi connectivity index (χ3v) is 3.03. The summed E-state index contributed by atoms with van der Waals surface area (Å²) in [7, 11) is 1.73. The Kier molecular flexibility index (Phi) is 2.71. The van der Waals surface area contributed by atoms with Gasteiger partial charge in [0.25, 0.3) is 0 Å². The van der Waals surface area contributed by atoms with Gasteiger partial charge in [-0.1, -0.05) is 12.1 Å². The maximum Gasteiger partial charge on any atom is 0.156 e. The van der Waals surface area contributed by atoms with Gasteiger partial charge in [0.05, 0.1) is 5.56 Å². The molecule has 1 aromatic carbocycles. The molecule has 0 saturated carbocycles. The summed E-state index contributed by atoms with van der Waals surface area (Å²) in [5, 5.41) is 4.28. The van der Waals surface area contributed by atoms with E-state index >= 15 is 0 Å². The van der Waals surface area contributed by atoms with Gasteiger partial charge >= 0.3 is 0 Å². The van der Waals surface area contributed by atoms with E-state index < -0.39 is 0 Å². The first-order valence-corrected chi connectivity index (χ1v) is 5.40. The number of aryl methyl sites for hydroxylation is 3. The van der Waals surface area contributed by atoms with Crippen LogP contribution in [0.15, 0.2) is 18.2 Å². The van der Waals surface area contributed by atoms with Crippen LogP contribution in [-0.2, 0) is 7.05 Å². The number of hydrogen-bond acceptors (Lipinski definition) is 3. The molecule has 0 fully saturated rings. The summed E-state index contributed by atoms with van der Waals surface area (Å²) in [6, 6.07) is 5.99. The van der Waals surface area contributed by atoms with Crippen LogP contribution < -0.4 is 5.73 Å². The van der Waals surface area contributed by atoms with Crippen molar-refractivity contribution >= 4 is 12.1 Å². The van der Waals surface area contributed by atoms with Gasteiger partial charge in [-0.3, -0.25) is 9.48 Å². The maximum atomic E-state index is 11.1. The van der Waals surface area contributed by atoms with Crippen molar-refractivity contribution < 1.29 is 4.79 Å². The molecule has 0 spiro atoms. The molecule has 1 heterocycles. The minimum Gasteiger partial charge on any atom is -0.383 e. The molecule has 2 rings (SSSR count). The molecular weight excluding hydrogens is 214 g/mol. The second-order valence-electron chi connectivity index (χ2n) is 4.19. The SMILES string of the molecule is Cc1ccc(-c2nn(C)c(N)c2C=O)cc1C. The minimum atomic E-state index is 0.397. The Morgan fingerprint density at radius 3 is 2.59 bits per heavy atom. The molecule has 1 aromatic heterocycles. The fourth-order valence-corrected chi connectivity index (χ4v) is 1.77. The second-order valence-corrected chi connectivity index (χ2v) is 4.19. The van der Waals surface area contributed by atoms with E-state index in [1.165, 1.54) is 15.8 Å². The molecule has 0 amide bonds. The smallest absolute Gasteiger partial charge is 0.156 e. The zero-order valence-electron chi connectivity index (χ0n) is 10.2. The number of aromatic nitrogens is 2. The van der Waals surface area contributed by atoms with E-state index in [0.717, 1.165) is 11.8 Å². The summed E-state index contributed by atoms with van der Waals surface area (Å²) in [5.41, 5.74) is 10.2. The predicted molar refractivity (Wildman–Crippen MR) is 67.9 cm³/mol. The van der Waals surface area contributed by atoms with E-state index in [1.54, 1.807) is 7.05 Å². The zero-order chi connectivity index (χ0) is 12.6. The number of hydrogen-bond donors (Lipinski definition) is 1. The molecule has 0 radical (unpaired) electrons. The summed E-state index contributed by atoms with van der Waals surface area (Å²) in [6.07, 6.45) is 0.757. The van der Waals surface area contributed by atoms with E-state index in [2.05, 4.69) is 5.10 Å². The summed E-state index contributed by atoms with van der Waals surface area (Å²) >= 11 is 0. The maximum absolute atomic E-state index is 11.1. The number of nitrogen functional groups attached to an aromatic ring is 1. The number of benzene rings is 1. The van der Waals surface area contributed by atoms with Crippen LogP contribution in [0.3, 0.4) is 0 Å². The van der Waals surface area contributed by atoms with Crippen LogP contribution >= 0.6 is 0 Å². The van der Waals surface area contributed by atoms with Crippen molar-refractivity contribution in [2.24, 2.45) is 7.05 Å². The van der Waals surface area contributed by atoms with Crippen LogP contribution in [0.5, 0.6) is 0 Å². The van der Waals surface area contributed by atoms with Crippen molar-refractivity contribution in [3.8, 4) is 11.3 Å². The van der Waals surface area contributed by atoms with Crippen LogP contribution in [0.4, 0.5) is 5.82 Å². The number of carbonyl (C=O) groups excluding carboxylic acids is 1. The van der Waals surface area contributed by atoms with Gasteiger partial charge in [0.1, 0.15) is 11.5 Å². The Labute approximate surface area is 100 Å². The molecule has 0 aliphatic carbocycles. The van der Waals surface area contributed by atoms with Crippen molar-refractivity contribution in [3.63, 3.8) is 0 Å². The number of nitrogens with two attached hydrogens (primary N) is 1. The van der Waals surface area contributed by atoms with Crippen molar-refractivity contribution in [1.82, 2.24) is 9.78 Å². The van der Waals surface area contributed by atoms with Crippen LogP contribution in [-0.4, -0.2) is 16.1 Å². The molecule has 88 valence electrons. The highest BCUT2D eigenvalue weighted by Crippen LogP contribution is 2.26. The molecule has 17 heavy (non-hydrogen) atoms. The highest BCUT2D eigenvalue weighted by Gasteiger charge is 2.14. The van der Waals surface area contributed by atoms with E-state index in [9.17, 15) is 4.79 Å². The molecule has 0 bridgehead atoms. The Balaban J connectivity index is 2.64. The van der Waals surface area contributed by atoms with E-state index in [4.69, 9.17) is 5.73 Å². The van der Waals surface area contributed by atoms with Gasteiger partial charge < -0.3 is 5.73 Å². The fourth-order valence-electron chi connectivity index (χ4n) is 1.77. The third-order valence-electron chi connectivity index (χ3n) is 3.03. The lowest BCUT2D eigenvalue weighted by molar-refractivity contribution is 0.112. The monoisotopic (exact) mass is 229 g/mol. The Bertz CT molecular complexity index is 585. The second kappa shape index (κ2) is 4.05. The zero-order valence-corrected chi connectivity index (χ0v) is 10.2. The standard InChI is InChI=1S/C13H15N3O/c1-8-4-5-10(6-9(8)2)12-11(7-17)13(14)16(3)15-12/h4-7H,14H2,1-3H3. The van der Waals surface area contributed by atoms with Crippen molar-refractivity contribution in [2.75, 3.05) is 5.73 Å². The third kappa shape index (κ3) is 1.82. The van der Waals surface area contributed by atoms with Gasteiger partial charge in [0.2, 0.25) is 0 Å². The van der Waals surface area contributed by atoms with E-state index in [-0.39, 0.29) is 0 Å². The molecule has 0 saturated heterocycles. The lowest BCUT2D eigenvalue weighted by Crippen LogP contribution is -1.98. The van der Waals surface area contributed by atoms with Gasteiger partial charge in [0, 0.05) is 12.6 Å². The quantitative estimate of drug-likeness (QED) is 0.802. The molecule has 0 aliphatic heterocycles. The Morgan fingerprint density at radius 1 is 1.29 bits per heavy atom. The van der Waals surface area contributed by atoms with Crippen LogP contribution in [0, 0.1) is 13.8 Å². The summed E-state index contributed by atoms with van der Waals surface area (Å²) in [4.78, 5) is 11.1. The van der Waals surface area contributed by atoms with Gasteiger partial charge in [0.15, 0.2) is 6.29 Å². The minimum absolute atomic E-state index is 0.397. The molecule has 4 heteroatoms. The van der Waals surface area contributed by atoms with Crippen molar-refractivity contribution in [3.05, 3.63) is 34.9 Å². The first-order valence-electron chi connectivity index (χ1n) is 5.40. The Morgan fingerprint density at radius 2 is 2.00 bits per heavy atom.